The van der Waals surface area contributed by atoms with Gasteiger partial charge in [-0.1, -0.05) is 6.92 Å². The molecule has 1 rings (SSSR count). The Balaban J connectivity index is 2.24. The number of rotatable bonds is 4. The molecular weight excluding hydrogens is 160 g/mol. The molecule has 0 amide bonds. The first-order chi connectivity index (χ1) is 6.24. The number of likely N-dealkylation sites (tertiary alicyclic amines) is 1. The number of hydrogen-bond donors (Lipinski definition) is 1. The summed E-state index contributed by atoms with van der Waals surface area (Å²) in [7, 11) is 0. The summed E-state index contributed by atoms with van der Waals surface area (Å²) in [5.41, 5.74) is 5.52. The minimum atomic E-state index is 0.742. The third-order valence-electron chi connectivity index (χ3n) is 3.14. The van der Waals surface area contributed by atoms with Gasteiger partial charge in [-0.25, -0.2) is 0 Å². The molecule has 0 bridgehead atoms. The average Bonchev–Trinajstić information content (AvgIpc) is 2.14. The highest BCUT2D eigenvalue weighted by molar-refractivity contribution is 4.74. The smallest absolute Gasteiger partial charge is 0.00675 e. The zero-order valence-electron chi connectivity index (χ0n) is 9.13. The fourth-order valence-corrected chi connectivity index (χ4v) is 2.22. The van der Waals surface area contributed by atoms with Gasteiger partial charge in [0.2, 0.25) is 0 Å². The Morgan fingerprint density at radius 2 is 2.31 bits per heavy atom. The Kier molecular flexibility index (Phi) is 4.74. The molecule has 1 heterocycles. The van der Waals surface area contributed by atoms with Crippen LogP contribution in [0.4, 0.5) is 0 Å². The van der Waals surface area contributed by atoms with Crippen molar-refractivity contribution >= 4 is 0 Å². The van der Waals surface area contributed by atoms with Crippen LogP contribution in [0.15, 0.2) is 0 Å². The lowest BCUT2D eigenvalue weighted by molar-refractivity contribution is 0.132. The topological polar surface area (TPSA) is 29.3 Å². The van der Waals surface area contributed by atoms with E-state index in [1.54, 1.807) is 0 Å². The van der Waals surface area contributed by atoms with Gasteiger partial charge in [0.1, 0.15) is 0 Å². The second-order valence-electron chi connectivity index (χ2n) is 4.52. The predicted octanol–water partition coefficient (Wildman–Crippen LogP) is 1.85. The van der Waals surface area contributed by atoms with Crippen LogP contribution < -0.4 is 5.73 Å². The summed E-state index contributed by atoms with van der Waals surface area (Å²) in [6, 6.07) is 0.742. The SMILES string of the molecule is CC1CCCN(C(C)CCCN)C1. The van der Waals surface area contributed by atoms with Crippen LogP contribution in [0, 0.1) is 5.92 Å². The van der Waals surface area contributed by atoms with E-state index in [9.17, 15) is 0 Å². The molecule has 0 aromatic rings. The van der Waals surface area contributed by atoms with Crippen molar-refractivity contribution in [1.82, 2.24) is 4.90 Å². The monoisotopic (exact) mass is 184 g/mol. The van der Waals surface area contributed by atoms with Crippen molar-refractivity contribution in [3.05, 3.63) is 0 Å². The molecule has 1 fully saturated rings. The molecule has 0 radical (unpaired) electrons. The van der Waals surface area contributed by atoms with E-state index in [1.165, 1.54) is 38.8 Å². The summed E-state index contributed by atoms with van der Waals surface area (Å²) < 4.78 is 0. The van der Waals surface area contributed by atoms with E-state index < -0.39 is 0 Å². The van der Waals surface area contributed by atoms with Crippen molar-refractivity contribution in [2.75, 3.05) is 19.6 Å². The first kappa shape index (κ1) is 11.0. The molecule has 2 nitrogen and oxygen atoms in total. The summed E-state index contributed by atoms with van der Waals surface area (Å²) in [5.74, 6) is 0.897. The van der Waals surface area contributed by atoms with Crippen molar-refractivity contribution in [1.29, 1.82) is 0 Å². The van der Waals surface area contributed by atoms with Gasteiger partial charge in [-0.05, 0) is 51.6 Å². The second-order valence-corrected chi connectivity index (χ2v) is 4.52. The highest BCUT2D eigenvalue weighted by Gasteiger charge is 2.19. The highest BCUT2D eigenvalue weighted by Crippen LogP contribution is 2.19. The van der Waals surface area contributed by atoms with E-state index in [0.29, 0.717) is 0 Å². The molecule has 1 aliphatic heterocycles. The molecule has 1 aliphatic rings. The fourth-order valence-electron chi connectivity index (χ4n) is 2.22. The zero-order chi connectivity index (χ0) is 9.68. The van der Waals surface area contributed by atoms with Gasteiger partial charge < -0.3 is 10.6 Å². The first-order valence-electron chi connectivity index (χ1n) is 5.68. The van der Waals surface area contributed by atoms with Crippen LogP contribution in [0.2, 0.25) is 0 Å². The predicted molar refractivity (Wildman–Crippen MR) is 57.7 cm³/mol. The Morgan fingerprint density at radius 1 is 1.54 bits per heavy atom. The Labute approximate surface area is 82.5 Å². The van der Waals surface area contributed by atoms with Gasteiger partial charge >= 0.3 is 0 Å². The van der Waals surface area contributed by atoms with E-state index in [1.807, 2.05) is 0 Å². The summed E-state index contributed by atoms with van der Waals surface area (Å²) in [6.07, 6.45) is 5.24. The van der Waals surface area contributed by atoms with Crippen molar-refractivity contribution in [3.63, 3.8) is 0 Å². The van der Waals surface area contributed by atoms with Crippen LogP contribution in [0.3, 0.4) is 0 Å². The molecule has 1 saturated heterocycles. The first-order valence-corrected chi connectivity index (χ1v) is 5.68. The van der Waals surface area contributed by atoms with Crippen LogP contribution in [-0.2, 0) is 0 Å². The molecule has 0 aliphatic carbocycles. The number of nitrogens with two attached hydrogens (primary N) is 1. The van der Waals surface area contributed by atoms with Gasteiger partial charge in [-0.15, -0.1) is 0 Å². The van der Waals surface area contributed by atoms with Crippen LogP contribution in [0.1, 0.15) is 39.5 Å². The molecule has 2 N–H and O–H groups in total. The van der Waals surface area contributed by atoms with E-state index in [-0.39, 0.29) is 0 Å². The molecule has 2 unspecified atom stereocenters. The quantitative estimate of drug-likeness (QED) is 0.722. The third kappa shape index (κ3) is 3.65. The largest absolute Gasteiger partial charge is 0.330 e. The standard InChI is InChI=1S/C11H24N2/c1-10-5-4-8-13(9-10)11(2)6-3-7-12/h10-11H,3-9,12H2,1-2H3. The second kappa shape index (κ2) is 5.61. The summed E-state index contributed by atoms with van der Waals surface area (Å²) in [5, 5.41) is 0. The van der Waals surface area contributed by atoms with Gasteiger partial charge in [0.05, 0.1) is 0 Å². The van der Waals surface area contributed by atoms with Crippen molar-refractivity contribution < 1.29 is 0 Å². The van der Waals surface area contributed by atoms with Gasteiger partial charge in [0.15, 0.2) is 0 Å². The van der Waals surface area contributed by atoms with Gasteiger partial charge in [-0.2, -0.15) is 0 Å². The maximum atomic E-state index is 5.52. The molecule has 78 valence electrons. The molecule has 0 aromatic carbocycles. The Bertz CT molecular complexity index is 136. The van der Waals surface area contributed by atoms with Crippen LogP contribution in [0.25, 0.3) is 0 Å². The molecule has 0 aromatic heterocycles. The maximum absolute atomic E-state index is 5.52. The molecule has 13 heavy (non-hydrogen) atoms. The average molecular weight is 184 g/mol. The van der Waals surface area contributed by atoms with Gasteiger partial charge in [0, 0.05) is 12.6 Å². The van der Waals surface area contributed by atoms with E-state index in [2.05, 4.69) is 18.7 Å². The third-order valence-corrected chi connectivity index (χ3v) is 3.14. The fraction of sp³-hybridized carbons (Fsp3) is 1.00. The lowest BCUT2D eigenvalue weighted by atomic mass is 9.98. The molecule has 2 heteroatoms. The molecular formula is C11H24N2. The van der Waals surface area contributed by atoms with Crippen LogP contribution in [0.5, 0.6) is 0 Å². The number of hydrogen-bond acceptors (Lipinski definition) is 2. The molecule has 2 atom stereocenters. The number of nitrogens with zero attached hydrogens (tertiary/aromatic N) is 1. The summed E-state index contributed by atoms with van der Waals surface area (Å²) in [6.45, 7) is 8.14. The van der Waals surface area contributed by atoms with Crippen LogP contribution in [-0.4, -0.2) is 30.6 Å². The van der Waals surface area contributed by atoms with Gasteiger partial charge in [0.25, 0.3) is 0 Å². The maximum Gasteiger partial charge on any atom is 0.00675 e. The lowest BCUT2D eigenvalue weighted by Gasteiger charge is -2.35. The van der Waals surface area contributed by atoms with E-state index in [0.717, 1.165) is 18.5 Å². The van der Waals surface area contributed by atoms with Crippen molar-refractivity contribution in [2.24, 2.45) is 11.7 Å². The zero-order valence-corrected chi connectivity index (χ0v) is 9.13. The lowest BCUT2D eigenvalue weighted by Crippen LogP contribution is -2.40. The minimum Gasteiger partial charge on any atom is -0.330 e. The normalized spacial score (nSPS) is 27.5. The molecule has 0 saturated carbocycles. The Morgan fingerprint density at radius 3 is 2.92 bits per heavy atom. The molecule has 0 spiro atoms. The van der Waals surface area contributed by atoms with E-state index in [4.69, 9.17) is 5.73 Å². The van der Waals surface area contributed by atoms with Crippen molar-refractivity contribution in [3.8, 4) is 0 Å². The Hall–Kier alpha value is -0.0800. The van der Waals surface area contributed by atoms with Gasteiger partial charge in [-0.3, -0.25) is 0 Å². The van der Waals surface area contributed by atoms with Crippen LogP contribution >= 0.6 is 0 Å². The summed E-state index contributed by atoms with van der Waals surface area (Å²) in [4.78, 5) is 2.63. The van der Waals surface area contributed by atoms with E-state index >= 15 is 0 Å². The summed E-state index contributed by atoms with van der Waals surface area (Å²) >= 11 is 0. The van der Waals surface area contributed by atoms with Crippen molar-refractivity contribution in [2.45, 2.75) is 45.6 Å². The highest BCUT2D eigenvalue weighted by atomic mass is 15.2. The minimum absolute atomic E-state index is 0.742. The number of piperidine rings is 1.